The van der Waals surface area contributed by atoms with E-state index >= 15 is 0 Å². The van der Waals surface area contributed by atoms with Gasteiger partial charge in [-0.3, -0.25) is 9.58 Å². The molecule has 7 heteroatoms. The Morgan fingerprint density at radius 1 is 1.20 bits per heavy atom. The highest BCUT2D eigenvalue weighted by atomic mass is 32.1. The lowest BCUT2D eigenvalue weighted by Crippen LogP contribution is -2.59. The summed E-state index contributed by atoms with van der Waals surface area (Å²) in [5, 5.41) is 5.68. The summed E-state index contributed by atoms with van der Waals surface area (Å²) in [7, 11) is 2.01. The van der Waals surface area contributed by atoms with Crippen molar-refractivity contribution in [3.63, 3.8) is 0 Å². The Balaban J connectivity index is 1.33. The van der Waals surface area contributed by atoms with E-state index in [1.165, 1.54) is 41.8 Å². The van der Waals surface area contributed by atoms with Crippen molar-refractivity contribution < 1.29 is 0 Å². The summed E-state index contributed by atoms with van der Waals surface area (Å²) in [6.45, 7) is 11.4. The normalized spacial score (nSPS) is 20.7. The molecule has 0 radical (unpaired) electrons. The van der Waals surface area contributed by atoms with Crippen molar-refractivity contribution in [3.05, 3.63) is 35.2 Å². The van der Waals surface area contributed by atoms with Crippen LogP contribution in [0.3, 0.4) is 0 Å². The van der Waals surface area contributed by atoms with Crippen molar-refractivity contribution in [3.8, 4) is 0 Å². The number of nitrogens with zero attached hydrogens (tertiary/aromatic N) is 6. The summed E-state index contributed by atoms with van der Waals surface area (Å²) in [6, 6.07) is 2.77. The quantitative estimate of drug-likeness (QED) is 0.591. The topological polar surface area (TPSA) is 50.1 Å². The van der Waals surface area contributed by atoms with Gasteiger partial charge >= 0.3 is 0 Å². The first-order valence-corrected chi connectivity index (χ1v) is 12.0. The molecule has 2 aliphatic heterocycles. The first kappa shape index (κ1) is 19.9. The van der Waals surface area contributed by atoms with E-state index in [0.717, 1.165) is 30.2 Å². The fourth-order valence-electron chi connectivity index (χ4n) is 5.42. The SMILES string of the molecule is CCc1cc2c(N3CCC4(C3)CN([C@@H](c3cnn(C)c3)[C@@H](C)CC)C4)ncnc2s1. The second kappa shape index (κ2) is 7.61. The monoisotopic (exact) mass is 424 g/mol. The highest BCUT2D eigenvalue weighted by Crippen LogP contribution is 2.47. The third-order valence-electron chi connectivity index (χ3n) is 7.17. The second-order valence-electron chi connectivity index (χ2n) is 9.34. The molecule has 0 amide bonds. The van der Waals surface area contributed by atoms with E-state index in [1.54, 1.807) is 17.7 Å². The van der Waals surface area contributed by atoms with Crippen molar-refractivity contribution >= 4 is 27.4 Å². The maximum absolute atomic E-state index is 4.70. The van der Waals surface area contributed by atoms with Gasteiger partial charge in [0.05, 0.1) is 11.6 Å². The average Bonchev–Trinajstić information content (AvgIpc) is 3.45. The predicted octanol–water partition coefficient (Wildman–Crippen LogP) is 4.29. The Labute approximate surface area is 182 Å². The van der Waals surface area contributed by atoms with E-state index in [2.05, 4.69) is 59.1 Å². The minimum Gasteiger partial charge on any atom is -0.355 e. The number of rotatable bonds is 6. The highest BCUT2D eigenvalue weighted by Gasteiger charge is 2.50. The van der Waals surface area contributed by atoms with Gasteiger partial charge in [0.2, 0.25) is 0 Å². The molecule has 5 heterocycles. The van der Waals surface area contributed by atoms with Crippen LogP contribution in [0.1, 0.15) is 50.1 Å². The van der Waals surface area contributed by atoms with Gasteiger partial charge in [-0.1, -0.05) is 27.2 Å². The summed E-state index contributed by atoms with van der Waals surface area (Å²) in [6.07, 6.45) is 9.49. The van der Waals surface area contributed by atoms with E-state index in [1.807, 2.05) is 11.7 Å². The number of aromatic nitrogens is 4. The average molecular weight is 425 g/mol. The van der Waals surface area contributed by atoms with Crippen LogP contribution >= 0.6 is 11.3 Å². The van der Waals surface area contributed by atoms with Gasteiger partial charge in [-0.25, -0.2) is 9.97 Å². The van der Waals surface area contributed by atoms with E-state index in [4.69, 9.17) is 4.98 Å². The standard InChI is InChI=1S/C23H32N6S/c1-5-16(3)20(17-10-26-27(4)11-17)29-13-23(14-29)7-8-28(12-23)21-19-9-18(6-2)30-22(19)25-15-24-21/h9-11,15-16,20H,5-8,12-14H2,1-4H3/t16-,20+/m0/s1. The summed E-state index contributed by atoms with van der Waals surface area (Å²) >= 11 is 1.81. The third-order valence-corrected chi connectivity index (χ3v) is 8.35. The van der Waals surface area contributed by atoms with Crippen LogP contribution < -0.4 is 4.90 Å². The van der Waals surface area contributed by atoms with Crippen LogP contribution in [0.5, 0.6) is 0 Å². The molecular formula is C23H32N6S. The number of likely N-dealkylation sites (tertiary alicyclic amines) is 1. The minimum atomic E-state index is 0.398. The lowest BCUT2D eigenvalue weighted by molar-refractivity contribution is -0.0350. The van der Waals surface area contributed by atoms with Gasteiger partial charge in [0.15, 0.2) is 0 Å². The molecule has 3 aromatic rings. The Kier molecular flexibility index (Phi) is 5.06. The summed E-state index contributed by atoms with van der Waals surface area (Å²) in [5.74, 6) is 1.76. The molecule has 2 aliphatic rings. The molecule has 1 spiro atoms. The van der Waals surface area contributed by atoms with Crippen LogP contribution in [0.2, 0.25) is 0 Å². The van der Waals surface area contributed by atoms with Gasteiger partial charge in [-0.2, -0.15) is 5.10 Å². The number of hydrogen-bond acceptors (Lipinski definition) is 6. The van der Waals surface area contributed by atoms with Crippen LogP contribution in [0.25, 0.3) is 10.2 Å². The second-order valence-corrected chi connectivity index (χ2v) is 10.5. The number of anilines is 1. The van der Waals surface area contributed by atoms with Crippen LogP contribution in [0.4, 0.5) is 5.82 Å². The lowest BCUT2D eigenvalue weighted by atomic mass is 9.76. The molecule has 6 nitrogen and oxygen atoms in total. The summed E-state index contributed by atoms with van der Waals surface area (Å²) in [4.78, 5) is 16.9. The zero-order valence-electron chi connectivity index (χ0n) is 18.5. The van der Waals surface area contributed by atoms with Gasteiger partial charge in [0, 0.05) is 61.3 Å². The van der Waals surface area contributed by atoms with Crippen LogP contribution in [-0.2, 0) is 13.5 Å². The summed E-state index contributed by atoms with van der Waals surface area (Å²) < 4.78 is 1.93. The first-order chi connectivity index (χ1) is 14.5. The molecular weight excluding hydrogens is 392 g/mol. The van der Waals surface area contributed by atoms with Gasteiger partial charge < -0.3 is 4.90 Å². The molecule has 0 N–H and O–H groups in total. The molecule has 0 aliphatic carbocycles. The van der Waals surface area contributed by atoms with Crippen molar-refractivity contribution in [2.24, 2.45) is 18.4 Å². The van der Waals surface area contributed by atoms with Crippen molar-refractivity contribution in [1.29, 1.82) is 0 Å². The van der Waals surface area contributed by atoms with Crippen LogP contribution in [-0.4, -0.2) is 50.8 Å². The van der Waals surface area contributed by atoms with Crippen LogP contribution in [0.15, 0.2) is 24.8 Å². The van der Waals surface area contributed by atoms with Crippen LogP contribution in [0, 0.1) is 11.3 Å². The fraction of sp³-hybridized carbons (Fsp3) is 0.609. The largest absolute Gasteiger partial charge is 0.355 e. The molecule has 2 fully saturated rings. The molecule has 0 aromatic carbocycles. The molecule has 0 bridgehead atoms. The third kappa shape index (κ3) is 3.32. The number of thiophene rings is 1. The van der Waals surface area contributed by atoms with Gasteiger partial charge in [0.25, 0.3) is 0 Å². The lowest BCUT2D eigenvalue weighted by Gasteiger charge is -2.52. The molecule has 160 valence electrons. The highest BCUT2D eigenvalue weighted by molar-refractivity contribution is 7.18. The van der Waals surface area contributed by atoms with Crippen molar-refractivity contribution in [2.75, 3.05) is 31.1 Å². The zero-order valence-corrected chi connectivity index (χ0v) is 19.3. The number of fused-ring (bicyclic) bond motifs is 1. The molecule has 0 unspecified atom stereocenters. The Hall–Kier alpha value is -1.99. The van der Waals surface area contributed by atoms with E-state index < -0.39 is 0 Å². The maximum atomic E-state index is 4.70. The maximum Gasteiger partial charge on any atom is 0.140 e. The number of aryl methyl sites for hydroxylation is 2. The van der Waals surface area contributed by atoms with Crippen molar-refractivity contribution in [1.82, 2.24) is 24.6 Å². The fourth-order valence-corrected chi connectivity index (χ4v) is 6.35. The molecule has 2 saturated heterocycles. The Morgan fingerprint density at radius 3 is 2.73 bits per heavy atom. The van der Waals surface area contributed by atoms with E-state index in [9.17, 15) is 0 Å². The number of hydrogen-bond donors (Lipinski definition) is 0. The first-order valence-electron chi connectivity index (χ1n) is 11.2. The zero-order chi connectivity index (χ0) is 20.9. The van der Waals surface area contributed by atoms with Gasteiger partial charge in [0.1, 0.15) is 17.0 Å². The van der Waals surface area contributed by atoms with E-state index in [-0.39, 0.29) is 0 Å². The molecule has 30 heavy (non-hydrogen) atoms. The predicted molar refractivity (Wildman–Crippen MR) is 123 cm³/mol. The van der Waals surface area contributed by atoms with Gasteiger partial charge in [-0.15, -0.1) is 11.3 Å². The molecule has 5 rings (SSSR count). The van der Waals surface area contributed by atoms with Crippen molar-refractivity contribution in [2.45, 2.75) is 46.1 Å². The van der Waals surface area contributed by atoms with E-state index in [0.29, 0.717) is 17.4 Å². The molecule has 2 atom stereocenters. The molecule has 0 saturated carbocycles. The summed E-state index contributed by atoms with van der Waals surface area (Å²) in [5.41, 5.74) is 1.76. The smallest absolute Gasteiger partial charge is 0.140 e. The molecule has 3 aromatic heterocycles. The van der Waals surface area contributed by atoms with Gasteiger partial charge in [-0.05, 0) is 24.8 Å². The minimum absolute atomic E-state index is 0.398. The Bertz CT molecular complexity index is 1030. The Morgan fingerprint density at radius 2 is 2.03 bits per heavy atom.